The zero-order valence-corrected chi connectivity index (χ0v) is 13.0. The van der Waals surface area contributed by atoms with Crippen LogP contribution in [0.5, 0.6) is 0 Å². The third-order valence-corrected chi connectivity index (χ3v) is 4.72. The first-order chi connectivity index (χ1) is 10.1. The maximum Gasteiger partial charge on any atom is 0.328 e. The normalized spacial score (nSPS) is 18.2. The van der Waals surface area contributed by atoms with E-state index in [0.717, 1.165) is 24.6 Å². The standard InChI is InChI=1S/C17H26N2O2/c1-18-17(16(20)21,15-9-4-3-5-10-15)11-12-19(2)13-14-7-6-8-14/h3-5,9-10,14,18H,6-8,11-13H2,1-2H3,(H,20,21). The molecule has 1 aromatic rings. The lowest BCUT2D eigenvalue weighted by Crippen LogP contribution is -2.49. The number of hydrogen-bond donors (Lipinski definition) is 2. The van der Waals surface area contributed by atoms with Crippen molar-refractivity contribution in [3.05, 3.63) is 35.9 Å². The molecule has 116 valence electrons. The number of aliphatic carboxylic acids is 1. The molecule has 0 aromatic heterocycles. The summed E-state index contributed by atoms with van der Waals surface area (Å²) in [6, 6.07) is 9.46. The Kier molecular flexibility index (Phi) is 5.37. The largest absolute Gasteiger partial charge is 0.480 e. The smallest absolute Gasteiger partial charge is 0.328 e. The van der Waals surface area contributed by atoms with Gasteiger partial charge in [0.25, 0.3) is 0 Å². The molecule has 0 radical (unpaired) electrons. The molecule has 4 nitrogen and oxygen atoms in total. The Labute approximate surface area is 127 Å². The predicted molar refractivity (Wildman–Crippen MR) is 84.3 cm³/mol. The van der Waals surface area contributed by atoms with E-state index >= 15 is 0 Å². The maximum atomic E-state index is 11.9. The van der Waals surface area contributed by atoms with Gasteiger partial charge in [-0.05, 0) is 44.8 Å². The SMILES string of the molecule is CNC(CCN(C)CC1CCC1)(C(=O)O)c1ccccc1. The fourth-order valence-corrected chi connectivity index (χ4v) is 3.04. The quantitative estimate of drug-likeness (QED) is 0.771. The second-order valence-electron chi connectivity index (χ2n) is 6.14. The molecule has 1 aliphatic rings. The zero-order chi connectivity index (χ0) is 15.3. The van der Waals surface area contributed by atoms with E-state index in [4.69, 9.17) is 0 Å². The van der Waals surface area contributed by atoms with Gasteiger partial charge in [0.05, 0.1) is 0 Å². The molecule has 1 fully saturated rings. The van der Waals surface area contributed by atoms with Gasteiger partial charge in [-0.15, -0.1) is 0 Å². The molecular weight excluding hydrogens is 264 g/mol. The molecule has 1 saturated carbocycles. The molecule has 0 spiro atoms. The number of nitrogens with zero attached hydrogens (tertiary/aromatic N) is 1. The fourth-order valence-electron chi connectivity index (χ4n) is 3.04. The van der Waals surface area contributed by atoms with Gasteiger partial charge in [-0.2, -0.15) is 0 Å². The lowest BCUT2D eigenvalue weighted by molar-refractivity contribution is -0.145. The van der Waals surface area contributed by atoms with E-state index in [1.807, 2.05) is 30.3 Å². The van der Waals surface area contributed by atoms with Crippen LogP contribution in [-0.2, 0) is 10.3 Å². The van der Waals surface area contributed by atoms with Gasteiger partial charge >= 0.3 is 5.97 Å². The number of carboxylic acids is 1. The van der Waals surface area contributed by atoms with Gasteiger partial charge in [-0.1, -0.05) is 36.8 Å². The Morgan fingerprint density at radius 1 is 1.38 bits per heavy atom. The average molecular weight is 290 g/mol. The van der Waals surface area contributed by atoms with E-state index in [0.29, 0.717) is 6.42 Å². The van der Waals surface area contributed by atoms with Crippen LogP contribution in [0.25, 0.3) is 0 Å². The number of nitrogens with one attached hydrogen (secondary N) is 1. The van der Waals surface area contributed by atoms with Gasteiger partial charge in [0, 0.05) is 13.1 Å². The molecule has 21 heavy (non-hydrogen) atoms. The molecule has 0 saturated heterocycles. The highest BCUT2D eigenvalue weighted by molar-refractivity contribution is 5.80. The highest BCUT2D eigenvalue weighted by atomic mass is 16.4. The topological polar surface area (TPSA) is 52.6 Å². The third kappa shape index (κ3) is 3.63. The highest BCUT2D eigenvalue weighted by Gasteiger charge is 2.38. The number of rotatable bonds is 8. The van der Waals surface area contributed by atoms with Gasteiger partial charge in [-0.3, -0.25) is 0 Å². The number of carbonyl (C=O) groups is 1. The third-order valence-electron chi connectivity index (χ3n) is 4.72. The first-order valence-corrected chi connectivity index (χ1v) is 7.75. The summed E-state index contributed by atoms with van der Waals surface area (Å²) in [7, 11) is 3.82. The van der Waals surface area contributed by atoms with E-state index in [1.165, 1.54) is 19.3 Å². The van der Waals surface area contributed by atoms with E-state index in [1.54, 1.807) is 7.05 Å². The molecule has 0 bridgehead atoms. The lowest BCUT2D eigenvalue weighted by atomic mass is 9.84. The van der Waals surface area contributed by atoms with Crippen LogP contribution in [0.15, 0.2) is 30.3 Å². The summed E-state index contributed by atoms with van der Waals surface area (Å²) in [4.78, 5) is 14.1. The Hall–Kier alpha value is -1.39. The molecule has 2 rings (SSSR count). The van der Waals surface area contributed by atoms with Crippen LogP contribution < -0.4 is 5.32 Å². The highest BCUT2D eigenvalue weighted by Crippen LogP contribution is 2.28. The number of benzene rings is 1. The van der Waals surface area contributed by atoms with E-state index in [2.05, 4.69) is 17.3 Å². The van der Waals surface area contributed by atoms with Crippen molar-refractivity contribution in [2.75, 3.05) is 27.2 Å². The van der Waals surface area contributed by atoms with Crippen molar-refractivity contribution < 1.29 is 9.90 Å². The van der Waals surface area contributed by atoms with Crippen molar-refractivity contribution in [1.82, 2.24) is 10.2 Å². The molecule has 0 heterocycles. The van der Waals surface area contributed by atoms with Crippen LogP contribution >= 0.6 is 0 Å². The van der Waals surface area contributed by atoms with Crippen LogP contribution in [0.3, 0.4) is 0 Å². The molecule has 1 unspecified atom stereocenters. The van der Waals surface area contributed by atoms with Crippen LogP contribution in [0.1, 0.15) is 31.2 Å². The average Bonchev–Trinajstić information content (AvgIpc) is 2.45. The zero-order valence-electron chi connectivity index (χ0n) is 13.0. The summed E-state index contributed by atoms with van der Waals surface area (Å²) in [5.74, 6) is -0.00576. The maximum absolute atomic E-state index is 11.9. The monoisotopic (exact) mass is 290 g/mol. The summed E-state index contributed by atoms with van der Waals surface area (Å²) in [5.41, 5.74) is -0.188. The Bertz CT molecular complexity index is 459. The van der Waals surface area contributed by atoms with Crippen LogP contribution in [-0.4, -0.2) is 43.2 Å². The number of hydrogen-bond acceptors (Lipinski definition) is 3. The molecule has 0 aliphatic heterocycles. The summed E-state index contributed by atoms with van der Waals surface area (Å²) >= 11 is 0. The van der Waals surface area contributed by atoms with Crippen molar-refractivity contribution in [3.8, 4) is 0 Å². The minimum absolute atomic E-state index is 0.562. The number of likely N-dealkylation sites (N-methyl/N-ethyl adjacent to an activating group) is 1. The minimum atomic E-state index is -1.00. The van der Waals surface area contributed by atoms with Crippen LogP contribution in [0.2, 0.25) is 0 Å². The summed E-state index contributed by atoms with van der Waals surface area (Å²) in [6.07, 6.45) is 4.54. The second kappa shape index (κ2) is 7.05. The van der Waals surface area contributed by atoms with Crippen LogP contribution in [0, 0.1) is 5.92 Å². The molecule has 1 aromatic carbocycles. The van der Waals surface area contributed by atoms with Gasteiger partial charge in [0.1, 0.15) is 5.54 Å². The molecule has 2 N–H and O–H groups in total. The molecule has 1 aliphatic carbocycles. The molecular formula is C17H26N2O2. The molecule has 0 amide bonds. The summed E-state index contributed by atoms with van der Waals surface area (Å²) < 4.78 is 0. The Morgan fingerprint density at radius 2 is 2.05 bits per heavy atom. The minimum Gasteiger partial charge on any atom is -0.480 e. The van der Waals surface area contributed by atoms with E-state index < -0.39 is 11.5 Å². The first kappa shape index (κ1) is 16.0. The molecule has 4 heteroatoms. The number of carboxylic acid groups (broad SMARTS) is 1. The fraction of sp³-hybridized carbons (Fsp3) is 0.588. The van der Waals surface area contributed by atoms with Gasteiger partial charge in [0.15, 0.2) is 0 Å². The van der Waals surface area contributed by atoms with Crippen LogP contribution in [0.4, 0.5) is 0 Å². The molecule has 1 atom stereocenters. The summed E-state index contributed by atoms with van der Waals surface area (Å²) in [6.45, 7) is 1.85. The Morgan fingerprint density at radius 3 is 2.52 bits per heavy atom. The Balaban J connectivity index is 2.04. The van der Waals surface area contributed by atoms with Gasteiger partial charge in [-0.25, -0.2) is 4.79 Å². The van der Waals surface area contributed by atoms with Gasteiger partial charge < -0.3 is 15.3 Å². The summed E-state index contributed by atoms with van der Waals surface area (Å²) in [5, 5.41) is 12.8. The van der Waals surface area contributed by atoms with E-state index in [-0.39, 0.29) is 0 Å². The lowest BCUT2D eigenvalue weighted by Gasteiger charge is -2.34. The van der Waals surface area contributed by atoms with Crippen molar-refractivity contribution in [2.45, 2.75) is 31.2 Å². The van der Waals surface area contributed by atoms with Crippen molar-refractivity contribution in [3.63, 3.8) is 0 Å². The van der Waals surface area contributed by atoms with E-state index in [9.17, 15) is 9.90 Å². The van der Waals surface area contributed by atoms with Gasteiger partial charge in [0.2, 0.25) is 0 Å². The van der Waals surface area contributed by atoms with Crippen molar-refractivity contribution in [1.29, 1.82) is 0 Å². The predicted octanol–water partition coefficient (Wildman–Crippen LogP) is 2.31. The first-order valence-electron chi connectivity index (χ1n) is 7.75. The second-order valence-corrected chi connectivity index (χ2v) is 6.14. The van der Waals surface area contributed by atoms with Crippen molar-refractivity contribution in [2.24, 2.45) is 5.92 Å². The van der Waals surface area contributed by atoms with Crippen molar-refractivity contribution >= 4 is 5.97 Å².